The Bertz CT molecular complexity index is 557. The van der Waals surface area contributed by atoms with Crippen LogP contribution in [0.15, 0.2) is 36.9 Å². The van der Waals surface area contributed by atoms with Crippen LogP contribution in [-0.2, 0) is 13.6 Å². The van der Waals surface area contributed by atoms with Crippen LogP contribution >= 0.6 is 0 Å². The van der Waals surface area contributed by atoms with Crippen molar-refractivity contribution in [3.8, 4) is 5.75 Å². The van der Waals surface area contributed by atoms with E-state index in [4.69, 9.17) is 4.74 Å². The van der Waals surface area contributed by atoms with Crippen molar-refractivity contribution in [2.75, 3.05) is 13.1 Å². The molecule has 3 heterocycles. The fraction of sp³-hybridized carbons (Fsp3) is 0.429. The molecule has 1 aliphatic rings. The minimum Gasteiger partial charge on any atom is -0.483 e. The van der Waals surface area contributed by atoms with Gasteiger partial charge >= 0.3 is 0 Å². The first-order valence-electron chi connectivity index (χ1n) is 6.65. The smallest absolute Gasteiger partial charge is 0.157 e. The Hall–Kier alpha value is -1.92. The second-order valence-electron chi connectivity index (χ2n) is 5.12. The Morgan fingerprint density at radius 1 is 1.35 bits per heavy atom. The summed E-state index contributed by atoms with van der Waals surface area (Å²) >= 11 is 0. The number of aromatic nitrogens is 3. The molecule has 2 aromatic rings. The lowest BCUT2D eigenvalue weighted by atomic mass is 10.2. The van der Waals surface area contributed by atoms with Crippen LogP contribution in [0, 0.1) is 0 Å². The zero-order valence-electron chi connectivity index (χ0n) is 11.4. The lowest BCUT2D eigenvalue weighted by Crippen LogP contribution is -2.29. The van der Waals surface area contributed by atoms with Crippen molar-refractivity contribution in [3.05, 3.63) is 42.5 Å². The van der Waals surface area contributed by atoms with Gasteiger partial charge in [-0.1, -0.05) is 0 Å². The molecule has 0 radical (unpaired) electrons. The van der Waals surface area contributed by atoms with Crippen molar-refractivity contribution in [2.45, 2.75) is 18.8 Å². The molecule has 1 N–H and O–H groups in total. The minimum atomic E-state index is -0.475. The van der Waals surface area contributed by atoms with E-state index in [0.717, 1.165) is 6.54 Å². The molecule has 0 amide bonds. The molecule has 3 rings (SSSR count). The number of hydrogen-bond donors (Lipinski definition) is 1. The number of hydrogen-bond acceptors (Lipinski definition) is 5. The van der Waals surface area contributed by atoms with Crippen LogP contribution in [0.2, 0.25) is 0 Å². The standard InChI is InChI=1S/C14H18N4O2/c1-17-8-12(6-16-17)20-14-10-18(9-13(14)19)7-11-2-4-15-5-3-11/h2-6,8,13-14,19H,7,9-10H2,1H3/t13-,14-/m1/s1. The van der Waals surface area contributed by atoms with Crippen LogP contribution in [0.3, 0.4) is 0 Å². The highest BCUT2D eigenvalue weighted by molar-refractivity contribution is 5.14. The number of aliphatic hydroxyl groups is 1. The molecule has 0 bridgehead atoms. The van der Waals surface area contributed by atoms with Gasteiger partial charge in [-0.05, 0) is 17.7 Å². The Kier molecular flexibility index (Phi) is 3.66. The third-order valence-corrected chi connectivity index (χ3v) is 3.44. The van der Waals surface area contributed by atoms with Crippen molar-refractivity contribution in [1.29, 1.82) is 0 Å². The van der Waals surface area contributed by atoms with E-state index in [0.29, 0.717) is 18.8 Å². The first-order valence-corrected chi connectivity index (χ1v) is 6.65. The lowest BCUT2D eigenvalue weighted by Gasteiger charge is -2.16. The maximum atomic E-state index is 10.1. The molecule has 1 aliphatic heterocycles. The molecule has 6 nitrogen and oxygen atoms in total. The summed E-state index contributed by atoms with van der Waals surface area (Å²) in [7, 11) is 1.84. The molecule has 0 unspecified atom stereocenters. The van der Waals surface area contributed by atoms with Crippen LogP contribution < -0.4 is 4.74 Å². The van der Waals surface area contributed by atoms with Gasteiger partial charge in [0.05, 0.1) is 12.4 Å². The maximum absolute atomic E-state index is 10.1. The van der Waals surface area contributed by atoms with Crippen LogP contribution in [0.25, 0.3) is 0 Å². The van der Waals surface area contributed by atoms with Gasteiger partial charge in [-0.3, -0.25) is 14.6 Å². The van der Waals surface area contributed by atoms with Gasteiger partial charge in [0.25, 0.3) is 0 Å². The zero-order valence-corrected chi connectivity index (χ0v) is 11.4. The average Bonchev–Trinajstić information content (AvgIpc) is 2.98. The zero-order chi connectivity index (χ0) is 13.9. The van der Waals surface area contributed by atoms with E-state index < -0.39 is 6.10 Å². The predicted molar refractivity (Wildman–Crippen MR) is 73.1 cm³/mol. The quantitative estimate of drug-likeness (QED) is 0.876. The number of nitrogens with zero attached hydrogens (tertiary/aromatic N) is 4. The molecular formula is C14H18N4O2. The van der Waals surface area contributed by atoms with Gasteiger partial charge in [-0.2, -0.15) is 5.10 Å². The summed E-state index contributed by atoms with van der Waals surface area (Å²) < 4.78 is 7.47. The van der Waals surface area contributed by atoms with E-state index >= 15 is 0 Å². The van der Waals surface area contributed by atoms with Crippen molar-refractivity contribution in [3.63, 3.8) is 0 Å². The second-order valence-corrected chi connectivity index (χ2v) is 5.12. The molecule has 0 spiro atoms. The third-order valence-electron chi connectivity index (χ3n) is 3.44. The molecule has 2 aromatic heterocycles. The highest BCUT2D eigenvalue weighted by atomic mass is 16.5. The Balaban J connectivity index is 1.59. The van der Waals surface area contributed by atoms with E-state index in [2.05, 4.69) is 15.0 Å². The third kappa shape index (κ3) is 2.97. The normalized spacial score (nSPS) is 23.1. The summed E-state index contributed by atoms with van der Waals surface area (Å²) in [5, 5.41) is 14.2. The summed E-state index contributed by atoms with van der Waals surface area (Å²) in [5.41, 5.74) is 1.19. The van der Waals surface area contributed by atoms with Crippen molar-refractivity contribution < 1.29 is 9.84 Å². The first-order chi connectivity index (χ1) is 9.70. The van der Waals surface area contributed by atoms with Crippen LogP contribution in [0.4, 0.5) is 0 Å². The van der Waals surface area contributed by atoms with Crippen LogP contribution in [-0.4, -0.2) is 50.1 Å². The highest BCUT2D eigenvalue weighted by Gasteiger charge is 2.33. The van der Waals surface area contributed by atoms with E-state index in [1.807, 2.05) is 19.2 Å². The highest BCUT2D eigenvalue weighted by Crippen LogP contribution is 2.19. The molecule has 0 aliphatic carbocycles. The van der Waals surface area contributed by atoms with Crippen molar-refractivity contribution >= 4 is 0 Å². The van der Waals surface area contributed by atoms with Gasteiger partial charge in [0, 0.05) is 39.1 Å². The first kappa shape index (κ1) is 13.1. The Labute approximate surface area is 117 Å². The summed E-state index contributed by atoms with van der Waals surface area (Å²) in [6.07, 6.45) is 6.35. The molecule has 106 valence electrons. The number of likely N-dealkylation sites (tertiary alicyclic amines) is 1. The molecule has 0 saturated carbocycles. The van der Waals surface area contributed by atoms with Gasteiger partial charge in [-0.15, -0.1) is 0 Å². The Morgan fingerprint density at radius 3 is 2.85 bits per heavy atom. The number of β-amino-alcohol motifs (C(OH)–C–C–N with tert-alkyl or cyclic N) is 1. The fourth-order valence-corrected chi connectivity index (χ4v) is 2.46. The second kappa shape index (κ2) is 5.60. The summed E-state index contributed by atoms with van der Waals surface area (Å²) in [5.74, 6) is 0.697. The minimum absolute atomic E-state index is 0.207. The van der Waals surface area contributed by atoms with Gasteiger partial charge in [0.15, 0.2) is 5.75 Å². The molecule has 0 aromatic carbocycles. The molecule has 1 saturated heterocycles. The topological polar surface area (TPSA) is 63.4 Å². The van der Waals surface area contributed by atoms with E-state index in [9.17, 15) is 5.11 Å². The lowest BCUT2D eigenvalue weighted by molar-refractivity contribution is 0.0736. The molecule has 6 heteroatoms. The molecule has 20 heavy (non-hydrogen) atoms. The number of ether oxygens (including phenoxy) is 1. The van der Waals surface area contributed by atoms with E-state index in [1.165, 1.54) is 5.56 Å². The SMILES string of the molecule is Cn1cc(O[C@@H]2CN(Cc3ccncc3)C[C@H]2O)cn1. The summed E-state index contributed by atoms with van der Waals surface area (Å²) in [6, 6.07) is 3.98. The molecular weight excluding hydrogens is 256 g/mol. The fourth-order valence-electron chi connectivity index (χ4n) is 2.46. The number of rotatable bonds is 4. The van der Waals surface area contributed by atoms with Gasteiger partial charge in [-0.25, -0.2) is 0 Å². The van der Waals surface area contributed by atoms with E-state index in [1.54, 1.807) is 29.5 Å². The number of aryl methyl sites for hydroxylation is 1. The number of pyridine rings is 1. The average molecular weight is 274 g/mol. The van der Waals surface area contributed by atoms with Gasteiger partial charge < -0.3 is 9.84 Å². The predicted octanol–water partition coefficient (Wildman–Crippen LogP) is 0.439. The van der Waals surface area contributed by atoms with Crippen molar-refractivity contribution in [1.82, 2.24) is 19.7 Å². The van der Waals surface area contributed by atoms with Gasteiger partial charge in [0.1, 0.15) is 12.2 Å². The summed E-state index contributed by atoms with van der Waals surface area (Å²) in [4.78, 5) is 6.19. The van der Waals surface area contributed by atoms with Gasteiger partial charge in [0.2, 0.25) is 0 Å². The van der Waals surface area contributed by atoms with E-state index in [-0.39, 0.29) is 6.10 Å². The maximum Gasteiger partial charge on any atom is 0.157 e. The Morgan fingerprint density at radius 2 is 2.15 bits per heavy atom. The number of aliphatic hydroxyl groups excluding tert-OH is 1. The van der Waals surface area contributed by atoms with Crippen LogP contribution in [0.5, 0.6) is 5.75 Å². The summed E-state index contributed by atoms with van der Waals surface area (Å²) in [6.45, 7) is 2.12. The largest absolute Gasteiger partial charge is 0.483 e. The molecule has 1 fully saturated rings. The monoisotopic (exact) mass is 274 g/mol. The van der Waals surface area contributed by atoms with Crippen LogP contribution in [0.1, 0.15) is 5.56 Å². The molecule has 2 atom stereocenters. The van der Waals surface area contributed by atoms with Crippen molar-refractivity contribution in [2.24, 2.45) is 7.05 Å².